The molecule has 0 aromatic rings. The summed E-state index contributed by atoms with van der Waals surface area (Å²) in [5, 5.41) is 0. The molecule has 92 valence electrons. The van der Waals surface area contributed by atoms with Gasteiger partial charge in [0.2, 0.25) is 0 Å². The Kier molecular flexibility index (Phi) is 3.49. The van der Waals surface area contributed by atoms with Crippen LogP contribution in [0.25, 0.3) is 0 Å². The van der Waals surface area contributed by atoms with Gasteiger partial charge >= 0.3 is 0 Å². The van der Waals surface area contributed by atoms with Crippen LogP contribution in [0.1, 0.15) is 51.4 Å². The zero-order valence-corrected chi connectivity index (χ0v) is 10.5. The molecule has 0 unspecified atom stereocenters. The van der Waals surface area contributed by atoms with Gasteiger partial charge < -0.3 is 9.80 Å². The molecule has 0 saturated carbocycles. The molecule has 0 spiro atoms. The van der Waals surface area contributed by atoms with E-state index in [1.54, 1.807) is 0 Å². The molecule has 16 heavy (non-hydrogen) atoms. The maximum absolute atomic E-state index is 2.64. The number of hydrogen-bond donors (Lipinski definition) is 0. The highest BCUT2D eigenvalue weighted by Crippen LogP contribution is 2.27. The minimum absolute atomic E-state index is 1.01. The average molecular weight is 222 g/mol. The third-order valence-corrected chi connectivity index (χ3v) is 4.96. The van der Waals surface area contributed by atoms with Crippen LogP contribution in [0, 0.1) is 0 Å². The van der Waals surface area contributed by atoms with Crippen LogP contribution in [-0.2, 0) is 0 Å². The standard InChI is InChI=1S/2C7H13N/c2*1-3-7-4-2-6-8(7)5-1/h2*7H,1-6H2. The van der Waals surface area contributed by atoms with Crippen molar-refractivity contribution in [3.8, 4) is 0 Å². The lowest BCUT2D eigenvalue weighted by molar-refractivity contribution is 0.325. The highest BCUT2D eigenvalue weighted by molar-refractivity contribution is 4.84. The second-order valence-corrected chi connectivity index (χ2v) is 5.95. The summed E-state index contributed by atoms with van der Waals surface area (Å²) in [6, 6.07) is 2.02. The Morgan fingerprint density at radius 2 is 0.812 bits per heavy atom. The Bertz CT molecular complexity index is 165. The minimum Gasteiger partial charge on any atom is -0.300 e. The van der Waals surface area contributed by atoms with Crippen molar-refractivity contribution in [3.63, 3.8) is 0 Å². The van der Waals surface area contributed by atoms with E-state index in [-0.39, 0.29) is 0 Å². The highest BCUT2D eigenvalue weighted by atomic mass is 15.2. The maximum atomic E-state index is 2.64. The smallest absolute Gasteiger partial charge is 0.00962 e. The van der Waals surface area contributed by atoms with Gasteiger partial charge in [0.1, 0.15) is 0 Å². The SMILES string of the molecule is C1CC2CCCN2C1.C1CC2CCCN2C1. The van der Waals surface area contributed by atoms with E-state index >= 15 is 0 Å². The van der Waals surface area contributed by atoms with E-state index in [9.17, 15) is 0 Å². The van der Waals surface area contributed by atoms with Crippen molar-refractivity contribution in [1.82, 2.24) is 9.80 Å². The molecule has 4 fully saturated rings. The van der Waals surface area contributed by atoms with Crippen molar-refractivity contribution in [2.24, 2.45) is 0 Å². The van der Waals surface area contributed by atoms with Gasteiger partial charge in [-0.05, 0) is 77.5 Å². The minimum atomic E-state index is 1.01. The van der Waals surface area contributed by atoms with E-state index in [1.807, 2.05) is 0 Å². The first-order valence-corrected chi connectivity index (χ1v) is 7.41. The Hall–Kier alpha value is -0.0800. The van der Waals surface area contributed by atoms with E-state index in [4.69, 9.17) is 0 Å². The van der Waals surface area contributed by atoms with Crippen molar-refractivity contribution < 1.29 is 0 Å². The van der Waals surface area contributed by atoms with Crippen LogP contribution in [0.3, 0.4) is 0 Å². The van der Waals surface area contributed by atoms with Crippen LogP contribution in [-0.4, -0.2) is 48.1 Å². The summed E-state index contributed by atoms with van der Waals surface area (Å²) in [5.41, 5.74) is 0. The van der Waals surface area contributed by atoms with Crippen molar-refractivity contribution in [3.05, 3.63) is 0 Å². The van der Waals surface area contributed by atoms with E-state index < -0.39 is 0 Å². The van der Waals surface area contributed by atoms with Gasteiger partial charge in [-0.1, -0.05) is 0 Å². The average Bonchev–Trinajstić information content (AvgIpc) is 2.99. The molecule has 0 N–H and O–H groups in total. The molecule has 4 heterocycles. The highest BCUT2D eigenvalue weighted by Gasteiger charge is 2.28. The Morgan fingerprint density at radius 3 is 1.06 bits per heavy atom. The molecule has 0 atom stereocenters. The number of hydrogen-bond acceptors (Lipinski definition) is 2. The molecule has 2 nitrogen and oxygen atoms in total. The summed E-state index contributed by atoms with van der Waals surface area (Å²) < 4.78 is 0. The lowest BCUT2D eigenvalue weighted by Gasteiger charge is -2.11. The summed E-state index contributed by atoms with van der Waals surface area (Å²) in [6.07, 6.45) is 11.8. The Labute approximate surface area is 100.0 Å². The number of rotatable bonds is 0. The van der Waals surface area contributed by atoms with Gasteiger partial charge in [0, 0.05) is 12.1 Å². The first kappa shape index (κ1) is 11.0. The van der Waals surface area contributed by atoms with E-state index in [0.717, 1.165) is 12.1 Å². The molecule has 4 aliphatic rings. The predicted molar refractivity (Wildman–Crippen MR) is 67.7 cm³/mol. The predicted octanol–water partition coefficient (Wildman–Crippen LogP) is 2.49. The summed E-state index contributed by atoms with van der Waals surface area (Å²) in [7, 11) is 0. The zero-order valence-electron chi connectivity index (χ0n) is 10.5. The molecular weight excluding hydrogens is 196 g/mol. The van der Waals surface area contributed by atoms with Crippen molar-refractivity contribution in [1.29, 1.82) is 0 Å². The molecule has 0 radical (unpaired) electrons. The lowest BCUT2D eigenvalue weighted by atomic mass is 10.2. The quantitative estimate of drug-likeness (QED) is 0.621. The first-order chi connectivity index (χ1) is 7.93. The fraction of sp³-hybridized carbons (Fsp3) is 1.00. The second kappa shape index (κ2) is 5.05. The zero-order chi connectivity index (χ0) is 10.8. The molecule has 0 aromatic carbocycles. The molecule has 0 aliphatic carbocycles. The summed E-state index contributed by atoms with van der Waals surface area (Å²) >= 11 is 0. The molecule has 4 aliphatic heterocycles. The molecule has 0 aromatic heterocycles. The Morgan fingerprint density at radius 1 is 0.500 bits per heavy atom. The molecular formula is C14H26N2. The molecule has 0 bridgehead atoms. The van der Waals surface area contributed by atoms with E-state index in [1.165, 1.54) is 77.5 Å². The molecule has 4 rings (SSSR count). The van der Waals surface area contributed by atoms with Crippen LogP contribution in [0.15, 0.2) is 0 Å². The van der Waals surface area contributed by atoms with Gasteiger partial charge in [-0.15, -0.1) is 0 Å². The first-order valence-electron chi connectivity index (χ1n) is 7.41. The molecule has 2 heteroatoms. The van der Waals surface area contributed by atoms with Crippen LogP contribution in [0.5, 0.6) is 0 Å². The Balaban J connectivity index is 0.000000101. The number of nitrogens with zero attached hydrogens (tertiary/aromatic N) is 2. The summed E-state index contributed by atoms with van der Waals surface area (Å²) in [4.78, 5) is 5.28. The van der Waals surface area contributed by atoms with Gasteiger partial charge in [0.05, 0.1) is 0 Å². The largest absolute Gasteiger partial charge is 0.300 e. The summed E-state index contributed by atoms with van der Waals surface area (Å²) in [6.45, 7) is 5.57. The van der Waals surface area contributed by atoms with Crippen LogP contribution < -0.4 is 0 Å². The molecule has 4 saturated heterocycles. The molecule has 0 amide bonds. The maximum Gasteiger partial charge on any atom is 0.00962 e. The monoisotopic (exact) mass is 222 g/mol. The van der Waals surface area contributed by atoms with Gasteiger partial charge in [-0.25, -0.2) is 0 Å². The fourth-order valence-corrected chi connectivity index (χ4v) is 4.09. The lowest BCUT2D eigenvalue weighted by Crippen LogP contribution is -2.21. The van der Waals surface area contributed by atoms with Crippen molar-refractivity contribution in [2.75, 3.05) is 26.2 Å². The van der Waals surface area contributed by atoms with Gasteiger partial charge in [-0.2, -0.15) is 0 Å². The van der Waals surface area contributed by atoms with Crippen LogP contribution in [0.4, 0.5) is 0 Å². The van der Waals surface area contributed by atoms with Crippen LogP contribution >= 0.6 is 0 Å². The third kappa shape index (κ3) is 2.28. The topological polar surface area (TPSA) is 6.48 Å². The third-order valence-electron chi connectivity index (χ3n) is 4.96. The van der Waals surface area contributed by atoms with Gasteiger partial charge in [-0.3, -0.25) is 0 Å². The van der Waals surface area contributed by atoms with Crippen molar-refractivity contribution >= 4 is 0 Å². The van der Waals surface area contributed by atoms with Gasteiger partial charge in [0.25, 0.3) is 0 Å². The summed E-state index contributed by atoms with van der Waals surface area (Å²) in [5.74, 6) is 0. The fourth-order valence-electron chi connectivity index (χ4n) is 4.09. The second-order valence-electron chi connectivity index (χ2n) is 5.95. The normalized spacial score (nSPS) is 31.5. The van der Waals surface area contributed by atoms with E-state index in [0.29, 0.717) is 0 Å². The van der Waals surface area contributed by atoms with E-state index in [2.05, 4.69) is 9.80 Å². The van der Waals surface area contributed by atoms with Gasteiger partial charge in [0.15, 0.2) is 0 Å². The van der Waals surface area contributed by atoms with Crippen molar-refractivity contribution in [2.45, 2.75) is 63.5 Å². The number of fused-ring (bicyclic) bond motifs is 2. The van der Waals surface area contributed by atoms with Crippen LogP contribution in [0.2, 0.25) is 0 Å².